The summed E-state index contributed by atoms with van der Waals surface area (Å²) in [5, 5.41) is 22.4. The number of hydrogen-bond donors (Lipinski definition) is 4. The summed E-state index contributed by atoms with van der Waals surface area (Å²) in [6.45, 7) is 3.37. The van der Waals surface area contributed by atoms with Crippen LogP contribution >= 0.6 is 0 Å². The van der Waals surface area contributed by atoms with Gasteiger partial charge in [0.1, 0.15) is 0 Å². The van der Waals surface area contributed by atoms with Crippen molar-refractivity contribution in [1.29, 1.82) is 0 Å². The van der Waals surface area contributed by atoms with E-state index in [2.05, 4.69) is 10.6 Å². The minimum Gasteiger partial charge on any atom is -0.479 e. The van der Waals surface area contributed by atoms with Gasteiger partial charge in [-0.25, -0.2) is 9.59 Å². The lowest BCUT2D eigenvalue weighted by Crippen LogP contribution is -2.38. The van der Waals surface area contributed by atoms with Crippen LogP contribution in [0.25, 0.3) is 0 Å². The first-order valence-electron chi connectivity index (χ1n) is 5.43. The molecule has 98 valence electrons. The lowest BCUT2D eigenvalue weighted by atomic mass is 10.1. The third kappa shape index (κ3) is 3.74. The molecule has 0 saturated carbocycles. The van der Waals surface area contributed by atoms with Crippen LogP contribution in [0.2, 0.25) is 0 Å². The highest BCUT2D eigenvalue weighted by atomic mass is 16.4. The number of aryl methyl sites for hydroxylation is 2. The Kier molecular flexibility index (Phi) is 4.67. The second kappa shape index (κ2) is 6.02. The number of anilines is 1. The minimum absolute atomic E-state index is 0.341. The van der Waals surface area contributed by atoms with E-state index in [4.69, 9.17) is 10.2 Å². The van der Waals surface area contributed by atoms with Gasteiger partial charge in [-0.15, -0.1) is 0 Å². The van der Waals surface area contributed by atoms with Crippen molar-refractivity contribution in [2.24, 2.45) is 0 Å². The average molecular weight is 252 g/mol. The summed E-state index contributed by atoms with van der Waals surface area (Å²) >= 11 is 0. The summed E-state index contributed by atoms with van der Waals surface area (Å²) in [7, 11) is 0. The molecule has 0 saturated heterocycles. The molecule has 1 aromatic carbocycles. The third-order valence-electron chi connectivity index (χ3n) is 2.46. The van der Waals surface area contributed by atoms with E-state index in [0.29, 0.717) is 5.69 Å². The topological polar surface area (TPSA) is 98.7 Å². The quantitative estimate of drug-likeness (QED) is 0.639. The monoisotopic (exact) mass is 252 g/mol. The van der Waals surface area contributed by atoms with Crippen molar-refractivity contribution in [2.45, 2.75) is 20.0 Å². The van der Waals surface area contributed by atoms with Crippen molar-refractivity contribution < 1.29 is 19.8 Å². The molecule has 0 aromatic heterocycles. The van der Waals surface area contributed by atoms with Crippen LogP contribution in [-0.2, 0) is 4.79 Å². The number of carbonyl (C=O) groups is 2. The molecule has 6 heteroatoms. The van der Waals surface area contributed by atoms with E-state index in [9.17, 15) is 9.59 Å². The number of aliphatic hydroxyl groups excluding tert-OH is 1. The number of urea groups is 1. The standard InChI is InChI=1S/C12H16N2O4/c1-7-4-3-5-8(2)10(7)14-12(18)13-6-9(15)11(16)17/h3-5,9,15H,6H2,1-2H3,(H,16,17)(H2,13,14,18). The molecule has 6 nitrogen and oxygen atoms in total. The average Bonchev–Trinajstić information content (AvgIpc) is 2.30. The van der Waals surface area contributed by atoms with Crippen molar-refractivity contribution >= 4 is 17.7 Å². The van der Waals surface area contributed by atoms with E-state index in [1.165, 1.54) is 0 Å². The summed E-state index contributed by atoms with van der Waals surface area (Å²) in [6, 6.07) is 5.04. The Bertz CT molecular complexity index is 439. The highest BCUT2D eigenvalue weighted by Gasteiger charge is 2.14. The lowest BCUT2D eigenvalue weighted by molar-refractivity contribution is -0.146. The van der Waals surface area contributed by atoms with E-state index in [0.717, 1.165) is 11.1 Å². The van der Waals surface area contributed by atoms with Crippen molar-refractivity contribution in [3.05, 3.63) is 29.3 Å². The van der Waals surface area contributed by atoms with E-state index >= 15 is 0 Å². The van der Waals surface area contributed by atoms with Gasteiger partial charge in [0.15, 0.2) is 6.10 Å². The zero-order valence-electron chi connectivity index (χ0n) is 10.2. The van der Waals surface area contributed by atoms with Crippen LogP contribution < -0.4 is 10.6 Å². The van der Waals surface area contributed by atoms with Gasteiger partial charge in [0.25, 0.3) is 0 Å². The smallest absolute Gasteiger partial charge is 0.334 e. The maximum Gasteiger partial charge on any atom is 0.334 e. The Balaban J connectivity index is 2.58. The molecular formula is C12H16N2O4. The number of carboxylic acid groups (broad SMARTS) is 1. The van der Waals surface area contributed by atoms with Gasteiger partial charge in [-0.1, -0.05) is 18.2 Å². The molecule has 0 heterocycles. The van der Waals surface area contributed by atoms with Crippen molar-refractivity contribution in [3.8, 4) is 0 Å². The summed E-state index contributed by atoms with van der Waals surface area (Å²) < 4.78 is 0. The van der Waals surface area contributed by atoms with Crippen molar-refractivity contribution in [1.82, 2.24) is 5.32 Å². The molecular weight excluding hydrogens is 236 g/mol. The number of aliphatic carboxylic acids is 1. The van der Waals surface area contributed by atoms with Crippen LogP contribution in [0, 0.1) is 13.8 Å². The zero-order valence-corrected chi connectivity index (χ0v) is 10.2. The maximum absolute atomic E-state index is 11.5. The summed E-state index contributed by atoms with van der Waals surface area (Å²) in [5.74, 6) is -1.37. The number of para-hydroxylation sites is 1. The largest absolute Gasteiger partial charge is 0.479 e. The van der Waals surface area contributed by atoms with Crippen LogP contribution in [0.15, 0.2) is 18.2 Å². The Morgan fingerprint density at radius 3 is 2.33 bits per heavy atom. The molecule has 0 aliphatic heterocycles. The fraction of sp³-hybridized carbons (Fsp3) is 0.333. The molecule has 2 amide bonds. The van der Waals surface area contributed by atoms with Crippen LogP contribution in [0.4, 0.5) is 10.5 Å². The van der Waals surface area contributed by atoms with Gasteiger partial charge in [-0.3, -0.25) is 0 Å². The number of rotatable bonds is 4. The predicted molar refractivity (Wildman–Crippen MR) is 66.6 cm³/mol. The van der Waals surface area contributed by atoms with Gasteiger partial charge in [0.2, 0.25) is 0 Å². The number of aliphatic hydroxyl groups is 1. The van der Waals surface area contributed by atoms with Gasteiger partial charge in [0, 0.05) is 5.69 Å². The molecule has 0 radical (unpaired) electrons. The van der Waals surface area contributed by atoms with Gasteiger partial charge in [0.05, 0.1) is 6.54 Å². The van der Waals surface area contributed by atoms with E-state index in [-0.39, 0.29) is 6.54 Å². The van der Waals surface area contributed by atoms with Crippen LogP contribution in [0.5, 0.6) is 0 Å². The lowest BCUT2D eigenvalue weighted by Gasteiger charge is -2.13. The molecule has 1 aromatic rings. The molecule has 18 heavy (non-hydrogen) atoms. The second-order valence-corrected chi connectivity index (χ2v) is 3.96. The van der Waals surface area contributed by atoms with E-state index in [1.807, 2.05) is 32.0 Å². The molecule has 0 bridgehead atoms. The number of carboxylic acids is 1. The van der Waals surface area contributed by atoms with Gasteiger partial charge in [-0.05, 0) is 25.0 Å². The van der Waals surface area contributed by atoms with Crippen LogP contribution in [-0.4, -0.2) is 34.9 Å². The third-order valence-corrected chi connectivity index (χ3v) is 2.46. The van der Waals surface area contributed by atoms with Gasteiger partial charge >= 0.3 is 12.0 Å². The molecule has 0 spiro atoms. The normalized spacial score (nSPS) is 11.7. The van der Waals surface area contributed by atoms with Crippen LogP contribution in [0.1, 0.15) is 11.1 Å². The summed E-state index contributed by atoms with van der Waals surface area (Å²) in [5.41, 5.74) is 2.49. The van der Waals surface area contributed by atoms with E-state index < -0.39 is 18.1 Å². The number of benzene rings is 1. The first-order chi connectivity index (χ1) is 8.41. The highest BCUT2D eigenvalue weighted by molar-refractivity contribution is 5.91. The van der Waals surface area contributed by atoms with Gasteiger partial charge < -0.3 is 20.8 Å². The fourth-order valence-electron chi connectivity index (χ4n) is 1.45. The SMILES string of the molecule is Cc1cccc(C)c1NC(=O)NCC(O)C(=O)O. The van der Waals surface area contributed by atoms with Gasteiger partial charge in [-0.2, -0.15) is 0 Å². The molecule has 0 aliphatic carbocycles. The summed E-state index contributed by atoms with van der Waals surface area (Å²) in [4.78, 5) is 21.9. The Morgan fingerprint density at radius 2 is 1.83 bits per heavy atom. The molecule has 0 fully saturated rings. The van der Waals surface area contributed by atoms with Crippen molar-refractivity contribution in [2.75, 3.05) is 11.9 Å². The predicted octanol–water partition coefficient (Wildman–Crippen LogP) is 0.870. The molecule has 0 aliphatic rings. The fourth-order valence-corrected chi connectivity index (χ4v) is 1.45. The first-order valence-corrected chi connectivity index (χ1v) is 5.43. The maximum atomic E-state index is 11.5. The minimum atomic E-state index is -1.60. The number of carbonyl (C=O) groups excluding carboxylic acids is 1. The zero-order chi connectivity index (χ0) is 13.7. The number of hydrogen-bond acceptors (Lipinski definition) is 3. The first kappa shape index (κ1) is 14.0. The van der Waals surface area contributed by atoms with E-state index in [1.54, 1.807) is 0 Å². The Morgan fingerprint density at radius 1 is 1.28 bits per heavy atom. The number of nitrogens with one attached hydrogen (secondary N) is 2. The highest BCUT2D eigenvalue weighted by Crippen LogP contribution is 2.18. The van der Waals surface area contributed by atoms with Crippen molar-refractivity contribution in [3.63, 3.8) is 0 Å². The molecule has 1 rings (SSSR count). The second-order valence-electron chi connectivity index (χ2n) is 3.96. The number of amides is 2. The summed E-state index contributed by atoms with van der Waals surface area (Å²) in [6.07, 6.45) is -1.60. The molecule has 1 unspecified atom stereocenters. The Labute approximate surface area is 105 Å². The molecule has 1 atom stereocenters. The Hall–Kier alpha value is -2.08. The van der Waals surface area contributed by atoms with Crippen LogP contribution in [0.3, 0.4) is 0 Å². The molecule has 4 N–H and O–H groups in total.